The number of para-hydroxylation sites is 1. The topological polar surface area (TPSA) is 66.3 Å². The number of carbonyl (C=O) groups is 1. The van der Waals surface area contributed by atoms with E-state index in [0.29, 0.717) is 23.8 Å². The van der Waals surface area contributed by atoms with Crippen LogP contribution in [0.3, 0.4) is 0 Å². The van der Waals surface area contributed by atoms with Crippen LogP contribution in [0.2, 0.25) is 0 Å². The highest BCUT2D eigenvalue weighted by Gasteiger charge is 2.26. The molecule has 106 valence electrons. The molecule has 2 aromatic rings. The highest BCUT2D eigenvalue weighted by molar-refractivity contribution is 5.94. The van der Waals surface area contributed by atoms with Gasteiger partial charge in [-0.15, -0.1) is 6.42 Å². The Balaban J connectivity index is 2.12. The van der Waals surface area contributed by atoms with Gasteiger partial charge >= 0.3 is 5.97 Å². The number of carboxylic acid groups (broad SMARTS) is 1. The fourth-order valence-corrected chi connectivity index (χ4v) is 2.34. The summed E-state index contributed by atoms with van der Waals surface area (Å²) in [4.78, 5) is 21.5. The molecule has 1 fully saturated rings. The Morgan fingerprint density at radius 2 is 2.14 bits per heavy atom. The summed E-state index contributed by atoms with van der Waals surface area (Å²) in [6, 6.07) is 7.41. The van der Waals surface area contributed by atoms with Gasteiger partial charge in [-0.25, -0.2) is 14.8 Å². The van der Waals surface area contributed by atoms with Gasteiger partial charge in [-0.3, -0.25) is 0 Å². The Bertz CT molecular complexity index is 732. The molecule has 1 heterocycles. The Hall–Kier alpha value is -2.61. The number of terminal acetylenes is 1. The number of fused-ring (bicyclic) bond motifs is 1. The van der Waals surface area contributed by atoms with Crippen molar-refractivity contribution in [1.82, 2.24) is 9.97 Å². The molecule has 0 saturated heterocycles. The molecule has 1 aliphatic carbocycles. The highest BCUT2D eigenvalue weighted by atomic mass is 16.4. The second-order valence-electron chi connectivity index (χ2n) is 5.22. The van der Waals surface area contributed by atoms with Crippen molar-refractivity contribution >= 4 is 22.7 Å². The number of anilines is 1. The summed E-state index contributed by atoms with van der Waals surface area (Å²) >= 11 is 0. The quantitative estimate of drug-likeness (QED) is 0.851. The van der Waals surface area contributed by atoms with Crippen LogP contribution in [0.1, 0.15) is 23.5 Å². The summed E-state index contributed by atoms with van der Waals surface area (Å²) in [5, 5.41) is 10.0. The minimum Gasteiger partial charge on any atom is -0.475 e. The second-order valence-corrected chi connectivity index (χ2v) is 5.22. The molecule has 0 aliphatic heterocycles. The van der Waals surface area contributed by atoms with Crippen LogP contribution >= 0.6 is 0 Å². The van der Waals surface area contributed by atoms with Gasteiger partial charge in [-0.1, -0.05) is 18.1 Å². The maximum Gasteiger partial charge on any atom is 0.374 e. The average molecular weight is 281 g/mol. The van der Waals surface area contributed by atoms with E-state index in [-0.39, 0.29) is 5.82 Å². The van der Waals surface area contributed by atoms with Crippen molar-refractivity contribution in [1.29, 1.82) is 0 Å². The number of aromatic nitrogens is 2. The first kappa shape index (κ1) is 13.4. The number of hydrogen-bond acceptors (Lipinski definition) is 4. The van der Waals surface area contributed by atoms with Crippen molar-refractivity contribution in [3.05, 3.63) is 30.1 Å². The molecule has 0 atom stereocenters. The number of nitrogens with zero attached hydrogens (tertiary/aromatic N) is 3. The van der Waals surface area contributed by atoms with Crippen LogP contribution in [0.4, 0.5) is 5.82 Å². The molecule has 0 bridgehead atoms. The molecule has 21 heavy (non-hydrogen) atoms. The van der Waals surface area contributed by atoms with E-state index in [1.54, 1.807) is 6.07 Å². The van der Waals surface area contributed by atoms with Crippen molar-refractivity contribution in [3.63, 3.8) is 0 Å². The predicted molar refractivity (Wildman–Crippen MR) is 80.3 cm³/mol. The van der Waals surface area contributed by atoms with Crippen LogP contribution in [-0.4, -0.2) is 34.1 Å². The van der Waals surface area contributed by atoms with E-state index >= 15 is 0 Å². The highest BCUT2D eigenvalue weighted by Crippen LogP contribution is 2.32. The van der Waals surface area contributed by atoms with Gasteiger partial charge in [0.1, 0.15) is 5.82 Å². The first-order valence-corrected chi connectivity index (χ1v) is 6.87. The van der Waals surface area contributed by atoms with Crippen molar-refractivity contribution in [3.8, 4) is 12.3 Å². The smallest absolute Gasteiger partial charge is 0.374 e. The molecule has 1 saturated carbocycles. The van der Waals surface area contributed by atoms with Gasteiger partial charge in [0.25, 0.3) is 0 Å². The monoisotopic (exact) mass is 281 g/mol. The van der Waals surface area contributed by atoms with Gasteiger partial charge in [0.15, 0.2) is 0 Å². The molecular formula is C16H15N3O2. The summed E-state index contributed by atoms with van der Waals surface area (Å²) < 4.78 is 0. The lowest BCUT2D eigenvalue weighted by atomic mass is 10.2. The molecule has 0 unspecified atom stereocenters. The Labute approximate surface area is 122 Å². The van der Waals surface area contributed by atoms with Gasteiger partial charge < -0.3 is 10.0 Å². The fraction of sp³-hybridized carbons (Fsp3) is 0.312. The standard InChI is InChI=1S/C16H15N3O2/c1-2-9-19(10-11-7-8-11)15-12-5-3-4-6-13(12)17-14(18-15)16(20)21/h1,3-6,11H,7-10H2,(H,20,21). The van der Waals surface area contributed by atoms with Crippen LogP contribution in [-0.2, 0) is 0 Å². The number of benzene rings is 1. The van der Waals surface area contributed by atoms with Crippen molar-refractivity contribution < 1.29 is 9.90 Å². The SMILES string of the molecule is C#CCN(CC1CC1)c1nc(C(=O)O)nc2ccccc12. The van der Waals surface area contributed by atoms with Gasteiger partial charge in [-0.2, -0.15) is 0 Å². The summed E-state index contributed by atoms with van der Waals surface area (Å²) in [5.41, 5.74) is 0.623. The number of aromatic carboxylic acids is 1. The van der Waals surface area contributed by atoms with Gasteiger partial charge in [0.05, 0.1) is 12.1 Å². The van der Waals surface area contributed by atoms with Gasteiger partial charge in [-0.05, 0) is 30.9 Å². The van der Waals surface area contributed by atoms with Crippen LogP contribution < -0.4 is 4.90 Å². The van der Waals surface area contributed by atoms with Gasteiger partial charge in [0.2, 0.25) is 5.82 Å². The molecule has 5 heteroatoms. The van der Waals surface area contributed by atoms with E-state index in [9.17, 15) is 9.90 Å². The van der Waals surface area contributed by atoms with E-state index < -0.39 is 5.97 Å². The van der Waals surface area contributed by atoms with Crippen LogP contribution in [0.25, 0.3) is 10.9 Å². The summed E-state index contributed by atoms with van der Waals surface area (Å²) in [6.45, 7) is 1.22. The molecule has 0 radical (unpaired) electrons. The Kier molecular flexibility index (Phi) is 3.44. The molecule has 1 aliphatic rings. The molecule has 1 aromatic carbocycles. The lowest BCUT2D eigenvalue weighted by Gasteiger charge is -2.22. The minimum atomic E-state index is -1.13. The van der Waals surface area contributed by atoms with Crippen LogP contribution in [0.15, 0.2) is 24.3 Å². The Morgan fingerprint density at radius 3 is 2.81 bits per heavy atom. The molecule has 0 spiro atoms. The predicted octanol–water partition coefficient (Wildman–Crippen LogP) is 2.18. The molecule has 1 aromatic heterocycles. The zero-order valence-electron chi connectivity index (χ0n) is 11.5. The average Bonchev–Trinajstić information content (AvgIpc) is 3.29. The van der Waals surface area contributed by atoms with Crippen LogP contribution in [0, 0.1) is 18.3 Å². The number of hydrogen-bond donors (Lipinski definition) is 1. The summed E-state index contributed by atoms with van der Waals surface area (Å²) in [5.74, 6) is 2.55. The molecular weight excluding hydrogens is 266 g/mol. The lowest BCUT2D eigenvalue weighted by Crippen LogP contribution is -2.28. The minimum absolute atomic E-state index is 0.193. The van der Waals surface area contributed by atoms with Crippen molar-refractivity contribution in [2.45, 2.75) is 12.8 Å². The van der Waals surface area contributed by atoms with Crippen LogP contribution in [0.5, 0.6) is 0 Å². The Morgan fingerprint density at radius 1 is 1.38 bits per heavy atom. The lowest BCUT2D eigenvalue weighted by molar-refractivity contribution is 0.0684. The van der Waals surface area contributed by atoms with E-state index in [4.69, 9.17) is 6.42 Å². The molecule has 0 amide bonds. The third-order valence-corrected chi connectivity index (χ3v) is 3.53. The maximum absolute atomic E-state index is 11.2. The van der Waals surface area contributed by atoms with Gasteiger partial charge in [0, 0.05) is 11.9 Å². The van der Waals surface area contributed by atoms with E-state index in [1.807, 2.05) is 23.1 Å². The van der Waals surface area contributed by atoms with Crippen molar-refractivity contribution in [2.24, 2.45) is 5.92 Å². The fourth-order valence-electron chi connectivity index (χ4n) is 2.34. The third-order valence-electron chi connectivity index (χ3n) is 3.53. The zero-order valence-corrected chi connectivity index (χ0v) is 11.5. The van der Waals surface area contributed by atoms with Crippen molar-refractivity contribution in [2.75, 3.05) is 18.0 Å². The molecule has 1 N–H and O–H groups in total. The summed E-state index contributed by atoms with van der Waals surface area (Å²) in [7, 11) is 0. The summed E-state index contributed by atoms with van der Waals surface area (Å²) in [6.07, 6.45) is 7.83. The first-order chi connectivity index (χ1) is 10.2. The molecule has 3 rings (SSSR count). The first-order valence-electron chi connectivity index (χ1n) is 6.87. The van der Waals surface area contributed by atoms with E-state index in [1.165, 1.54) is 12.8 Å². The largest absolute Gasteiger partial charge is 0.475 e. The van der Waals surface area contributed by atoms with E-state index in [2.05, 4.69) is 15.9 Å². The normalized spacial score (nSPS) is 13.9. The second kappa shape index (κ2) is 5.41. The zero-order chi connectivity index (χ0) is 14.8. The van der Waals surface area contributed by atoms with E-state index in [0.717, 1.165) is 11.9 Å². The number of carboxylic acids is 1. The number of rotatable bonds is 5. The molecule has 5 nitrogen and oxygen atoms in total. The third kappa shape index (κ3) is 2.79. The maximum atomic E-state index is 11.2.